The molecular weight excluding hydrogens is 521 g/mol. The zero-order valence-corrected chi connectivity index (χ0v) is 23.5. The van der Waals surface area contributed by atoms with Gasteiger partial charge in [-0.2, -0.15) is 0 Å². The normalized spacial score (nSPS) is 12.8. The number of hydrogen-bond acceptors (Lipinski definition) is 2. The van der Waals surface area contributed by atoms with Crippen LogP contribution in [-0.4, -0.2) is 0 Å². The van der Waals surface area contributed by atoms with Crippen LogP contribution < -0.4 is 0 Å². The molecule has 1 aliphatic carbocycles. The van der Waals surface area contributed by atoms with Gasteiger partial charge in [0, 0.05) is 32.0 Å². The second-order valence-corrected chi connectivity index (χ2v) is 11.6. The highest BCUT2D eigenvalue weighted by atomic mass is 32.1. The third-order valence-corrected chi connectivity index (χ3v) is 9.06. The fourth-order valence-electron chi connectivity index (χ4n) is 5.60. The van der Waals surface area contributed by atoms with Gasteiger partial charge in [-0.15, -0.1) is 22.7 Å². The lowest BCUT2D eigenvalue weighted by molar-refractivity contribution is 1.42. The van der Waals surface area contributed by atoms with Gasteiger partial charge in [0.2, 0.25) is 0 Å². The number of thiophene rings is 2. The Bertz CT molecular complexity index is 1600. The SMILES string of the molecule is c1ccc(C(=C2C(=C(c3ccccc3)c3ccccc3)C(c3cccs3)=C2c2cccs2)c2ccccc2)cc1. The highest BCUT2D eigenvalue weighted by Gasteiger charge is 2.38. The van der Waals surface area contributed by atoms with Crippen molar-refractivity contribution in [2.75, 3.05) is 0 Å². The molecular formula is C38H26S2. The molecule has 1 aliphatic rings. The van der Waals surface area contributed by atoms with E-state index in [9.17, 15) is 0 Å². The van der Waals surface area contributed by atoms with E-state index in [0.717, 1.165) is 0 Å². The predicted molar refractivity (Wildman–Crippen MR) is 173 cm³/mol. The summed E-state index contributed by atoms with van der Waals surface area (Å²) < 4.78 is 0. The minimum absolute atomic E-state index is 1.22. The Morgan fingerprint density at radius 3 is 0.875 bits per heavy atom. The van der Waals surface area contributed by atoms with Gasteiger partial charge in [0.05, 0.1) is 0 Å². The van der Waals surface area contributed by atoms with Crippen LogP contribution in [-0.2, 0) is 0 Å². The first kappa shape index (κ1) is 24.5. The molecule has 0 nitrogen and oxygen atoms in total. The van der Waals surface area contributed by atoms with Crippen LogP contribution in [0.3, 0.4) is 0 Å². The highest BCUT2D eigenvalue weighted by molar-refractivity contribution is 7.12. The molecule has 2 aromatic heterocycles. The molecule has 0 spiro atoms. The van der Waals surface area contributed by atoms with Crippen molar-refractivity contribution in [1.29, 1.82) is 0 Å². The van der Waals surface area contributed by atoms with Crippen LogP contribution in [0.15, 0.2) is 167 Å². The molecule has 0 radical (unpaired) electrons. The van der Waals surface area contributed by atoms with Crippen molar-refractivity contribution in [3.05, 3.63) is 200 Å². The van der Waals surface area contributed by atoms with E-state index in [1.54, 1.807) is 0 Å². The number of rotatable bonds is 6. The molecule has 0 amide bonds. The van der Waals surface area contributed by atoms with E-state index in [0.29, 0.717) is 0 Å². The van der Waals surface area contributed by atoms with Gasteiger partial charge in [0.1, 0.15) is 0 Å². The van der Waals surface area contributed by atoms with Gasteiger partial charge in [-0.1, -0.05) is 133 Å². The van der Waals surface area contributed by atoms with Gasteiger partial charge in [-0.3, -0.25) is 0 Å². The van der Waals surface area contributed by atoms with Gasteiger partial charge in [-0.25, -0.2) is 0 Å². The van der Waals surface area contributed by atoms with Crippen LogP contribution in [0.1, 0.15) is 32.0 Å². The monoisotopic (exact) mass is 546 g/mol. The molecule has 6 aromatic rings. The van der Waals surface area contributed by atoms with Gasteiger partial charge in [0.15, 0.2) is 0 Å². The number of allylic oxidation sites excluding steroid dienone is 4. The molecule has 40 heavy (non-hydrogen) atoms. The molecule has 2 heterocycles. The summed E-state index contributed by atoms with van der Waals surface area (Å²) in [5.74, 6) is 0. The van der Waals surface area contributed by atoms with E-state index >= 15 is 0 Å². The summed E-state index contributed by atoms with van der Waals surface area (Å²) >= 11 is 3.63. The minimum atomic E-state index is 1.22. The average molecular weight is 547 g/mol. The highest BCUT2D eigenvalue weighted by Crippen LogP contribution is 2.59. The molecule has 2 heteroatoms. The lowest BCUT2D eigenvalue weighted by Crippen LogP contribution is -2.15. The van der Waals surface area contributed by atoms with Crippen LogP contribution in [0.2, 0.25) is 0 Å². The van der Waals surface area contributed by atoms with Crippen molar-refractivity contribution in [2.45, 2.75) is 0 Å². The van der Waals surface area contributed by atoms with Gasteiger partial charge >= 0.3 is 0 Å². The van der Waals surface area contributed by atoms with Crippen molar-refractivity contribution >= 4 is 45.0 Å². The minimum Gasteiger partial charge on any atom is -0.144 e. The molecule has 7 rings (SSSR count). The number of hydrogen-bond donors (Lipinski definition) is 0. The van der Waals surface area contributed by atoms with Crippen molar-refractivity contribution < 1.29 is 0 Å². The van der Waals surface area contributed by atoms with Gasteiger partial charge < -0.3 is 0 Å². The lowest BCUT2D eigenvalue weighted by Gasteiger charge is -2.36. The summed E-state index contributed by atoms with van der Waals surface area (Å²) in [7, 11) is 0. The zero-order valence-electron chi connectivity index (χ0n) is 21.8. The molecule has 0 N–H and O–H groups in total. The van der Waals surface area contributed by atoms with E-state index < -0.39 is 0 Å². The second-order valence-electron chi connectivity index (χ2n) is 9.67. The fraction of sp³-hybridized carbons (Fsp3) is 0. The maximum Gasteiger partial charge on any atom is 0.0355 e. The van der Waals surface area contributed by atoms with Crippen LogP contribution in [0, 0.1) is 0 Å². The predicted octanol–water partition coefficient (Wildman–Crippen LogP) is 10.7. The van der Waals surface area contributed by atoms with Crippen molar-refractivity contribution in [3.63, 3.8) is 0 Å². The number of benzene rings is 4. The summed E-state index contributed by atoms with van der Waals surface area (Å²) in [5, 5.41) is 4.38. The zero-order chi connectivity index (χ0) is 26.7. The van der Waals surface area contributed by atoms with E-state index in [2.05, 4.69) is 156 Å². The lowest BCUT2D eigenvalue weighted by atomic mass is 9.68. The first-order valence-electron chi connectivity index (χ1n) is 13.4. The summed E-state index contributed by atoms with van der Waals surface area (Å²) in [6.45, 7) is 0. The molecule has 0 unspecified atom stereocenters. The quantitative estimate of drug-likeness (QED) is 0.195. The third kappa shape index (κ3) is 4.42. The van der Waals surface area contributed by atoms with E-state index in [1.807, 2.05) is 22.7 Å². The van der Waals surface area contributed by atoms with E-state index in [1.165, 1.54) is 65.4 Å². The molecule has 0 atom stereocenters. The summed E-state index contributed by atoms with van der Waals surface area (Å²) in [4.78, 5) is 2.60. The summed E-state index contributed by atoms with van der Waals surface area (Å²) in [6.07, 6.45) is 0. The second kappa shape index (κ2) is 10.9. The topological polar surface area (TPSA) is 0 Å². The Morgan fingerprint density at radius 2 is 0.625 bits per heavy atom. The molecule has 0 aliphatic heterocycles. The molecule has 0 saturated heterocycles. The summed E-state index contributed by atoms with van der Waals surface area (Å²) in [5.41, 5.74) is 12.7. The van der Waals surface area contributed by atoms with Gasteiger partial charge in [0.25, 0.3) is 0 Å². The fourth-order valence-corrected chi connectivity index (χ4v) is 7.17. The Balaban J connectivity index is 1.70. The maximum absolute atomic E-state index is 2.27. The van der Waals surface area contributed by atoms with Gasteiger partial charge in [-0.05, 0) is 56.3 Å². The smallest absolute Gasteiger partial charge is 0.0355 e. The van der Waals surface area contributed by atoms with Crippen molar-refractivity contribution in [2.24, 2.45) is 0 Å². The van der Waals surface area contributed by atoms with Crippen LogP contribution in [0.5, 0.6) is 0 Å². The Labute approximate surface area is 243 Å². The molecule has 0 fully saturated rings. The van der Waals surface area contributed by atoms with Crippen molar-refractivity contribution in [3.8, 4) is 0 Å². The van der Waals surface area contributed by atoms with E-state index in [-0.39, 0.29) is 0 Å². The summed E-state index contributed by atoms with van der Waals surface area (Å²) in [6, 6.07) is 52.3. The Hall–Kier alpha value is -4.50. The largest absolute Gasteiger partial charge is 0.144 e. The van der Waals surface area contributed by atoms with E-state index in [4.69, 9.17) is 0 Å². The standard InChI is InChI=1S/C38H26S2/c1-5-15-27(16-6-1)33(28-17-7-2-8-18-28)37-35(31-23-13-25-39-31)36(32-24-14-26-40-32)38(37)34(29-19-9-3-10-20-29)30-21-11-4-12-22-30/h1-26H. The van der Waals surface area contributed by atoms with Crippen LogP contribution in [0.25, 0.3) is 22.3 Å². The van der Waals surface area contributed by atoms with Crippen LogP contribution >= 0.6 is 22.7 Å². The third-order valence-electron chi connectivity index (χ3n) is 7.29. The van der Waals surface area contributed by atoms with Crippen LogP contribution in [0.4, 0.5) is 0 Å². The Morgan fingerprint density at radius 1 is 0.325 bits per heavy atom. The van der Waals surface area contributed by atoms with Crippen molar-refractivity contribution in [1.82, 2.24) is 0 Å². The Kier molecular flexibility index (Phi) is 6.71. The average Bonchev–Trinajstić information content (AvgIpc) is 3.74. The molecule has 4 aromatic carbocycles. The maximum atomic E-state index is 2.27. The first-order valence-corrected chi connectivity index (χ1v) is 15.2. The molecule has 0 bridgehead atoms. The molecule has 0 saturated carbocycles. The molecule has 190 valence electrons. The first-order chi connectivity index (χ1) is 19.9.